The molecule has 1 amide bonds. The number of hydrogen-bond acceptors (Lipinski definition) is 1. The molecule has 1 heterocycles. The van der Waals surface area contributed by atoms with Crippen LogP contribution in [0.3, 0.4) is 0 Å². The lowest BCUT2D eigenvalue weighted by Gasteiger charge is -2.05. The van der Waals surface area contributed by atoms with Crippen LogP contribution in [0.5, 0.6) is 0 Å². The lowest BCUT2D eigenvalue weighted by atomic mass is 10.2. The first-order chi connectivity index (χ1) is 9.65. The van der Waals surface area contributed by atoms with Crippen molar-refractivity contribution < 1.29 is 9.18 Å². The van der Waals surface area contributed by atoms with Gasteiger partial charge in [0.05, 0.1) is 5.56 Å². The van der Waals surface area contributed by atoms with Gasteiger partial charge in [-0.1, -0.05) is 30.3 Å². The number of hydrogen-bond donors (Lipinski definition) is 1. The van der Waals surface area contributed by atoms with Crippen LogP contribution in [-0.2, 0) is 6.54 Å². The first-order valence-corrected chi connectivity index (χ1v) is 6.27. The number of carbonyl (C=O) groups is 1. The predicted octanol–water partition coefficient (Wildman–Crippen LogP) is 2.93. The van der Waals surface area contributed by atoms with Gasteiger partial charge in [0.25, 0.3) is 5.91 Å². The Labute approximate surface area is 115 Å². The van der Waals surface area contributed by atoms with Crippen molar-refractivity contribution in [3.05, 3.63) is 71.7 Å². The van der Waals surface area contributed by atoms with Crippen molar-refractivity contribution in [2.45, 2.75) is 6.54 Å². The molecular formula is C16H13FN2O. The zero-order valence-electron chi connectivity index (χ0n) is 10.7. The topological polar surface area (TPSA) is 48.0 Å². The molecule has 0 aliphatic carbocycles. The summed E-state index contributed by atoms with van der Waals surface area (Å²) in [5.74, 6) is -0.728. The van der Waals surface area contributed by atoms with Gasteiger partial charge in [0.15, 0.2) is 0 Å². The monoisotopic (exact) mass is 268 g/mol. The Balaban J connectivity index is 2.10. The van der Waals surface area contributed by atoms with Gasteiger partial charge in [-0.3, -0.25) is 4.79 Å². The van der Waals surface area contributed by atoms with Crippen molar-refractivity contribution in [2.24, 2.45) is 5.73 Å². The van der Waals surface area contributed by atoms with E-state index in [4.69, 9.17) is 5.73 Å². The fourth-order valence-electron chi connectivity index (χ4n) is 2.41. The van der Waals surface area contributed by atoms with Crippen LogP contribution in [0.2, 0.25) is 0 Å². The van der Waals surface area contributed by atoms with E-state index in [0.717, 1.165) is 16.5 Å². The van der Waals surface area contributed by atoms with Crippen molar-refractivity contribution in [1.82, 2.24) is 4.57 Å². The Morgan fingerprint density at radius 3 is 2.70 bits per heavy atom. The summed E-state index contributed by atoms with van der Waals surface area (Å²) in [6.45, 7) is 0.492. The summed E-state index contributed by atoms with van der Waals surface area (Å²) in [6.07, 6.45) is 1.72. The first kappa shape index (κ1) is 12.4. The van der Waals surface area contributed by atoms with Gasteiger partial charge in [-0.2, -0.15) is 0 Å². The number of halogens is 1. The molecule has 0 fully saturated rings. The third-order valence-electron chi connectivity index (χ3n) is 3.30. The highest BCUT2D eigenvalue weighted by molar-refractivity contribution is 6.06. The Morgan fingerprint density at radius 1 is 1.15 bits per heavy atom. The highest BCUT2D eigenvalue weighted by Crippen LogP contribution is 2.22. The molecule has 20 heavy (non-hydrogen) atoms. The fourth-order valence-corrected chi connectivity index (χ4v) is 2.41. The van der Waals surface area contributed by atoms with Crippen molar-refractivity contribution in [1.29, 1.82) is 0 Å². The summed E-state index contributed by atoms with van der Waals surface area (Å²) in [4.78, 5) is 11.5. The predicted molar refractivity (Wildman–Crippen MR) is 76.0 cm³/mol. The summed E-state index contributed by atoms with van der Waals surface area (Å²) in [5, 5.41) is 0.816. The van der Waals surface area contributed by atoms with Crippen molar-refractivity contribution in [2.75, 3.05) is 0 Å². The number of aromatic nitrogens is 1. The number of para-hydroxylation sites is 1. The van der Waals surface area contributed by atoms with Crippen LogP contribution in [0.4, 0.5) is 4.39 Å². The molecule has 3 aromatic rings. The van der Waals surface area contributed by atoms with E-state index < -0.39 is 5.91 Å². The Hall–Kier alpha value is -2.62. The largest absolute Gasteiger partial charge is 0.366 e. The maximum atomic E-state index is 13.2. The van der Waals surface area contributed by atoms with Crippen molar-refractivity contribution in [3.63, 3.8) is 0 Å². The second-order valence-corrected chi connectivity index (χ2v) is 4.68. The van der Waals surface area contributed by atoms with Crippen LogP contribution >= 0.6 is 0 Å². The number of benzene rings is 2. The smallest absolute Gasteiger partial charge is 0.250 e. The Morgan fingerprint density at radius 2 is 1.95 bits per heavy atom. The molecule has 0 aliphatic heterocycles. The lowest BCUT2D eigenvalue weighted by molar-refractivity contribution is 0.100. The second-order valence-electron chi connectivity index (χ2n) is 4.68. The average molecular weight is 268 g/mol. The second kappa shape index (κ2) is 4.81. The summed E-state index contributed by atoms with van der Waals surface area (Å²) in [5.41, 5.74) is 7.62. The molecular weight excluding hydrogens is 255 g/mol. The zero-order valence-corrected chi connectivity index (χ0v) is 10.7. The van der Waals surface area contributed by atoms with E-state index in [-0.39, 0.29) is 5.82 Å². The molecule has 1 aromatic heterocycles. The highest BCUT2D eigenvalue weighted by Gasteiger charge is 2.12. The van der Waals surface area contributed by atoms with Crippen LogP contribution in [-0.4, -0.2) is 10.5 Å². The van der Waals surface area contributed by atoms with E-state index in [1.807, 2.05) is 34.9 Å². The normalized spacial score (nSPS) is 10.8. The highest BCUT2D eigenvalue weighted by atomic mass is 19.1. The third-order valence-corrected chi connectivity index (χ3v) is 3.30. The molecule has 100 valence electrons. The molecule has 0 radical (unpaired) electrons. The molecule has 0 saturated carbocycles. The minimum absolute atomic E-state index is 0.269. The zero-order chi connectivity index (χ0) is 14.1. The van der Waals surface area contributed by atoms with Gasteiger partial charge in [-0.05, 0) is 23.8 Å². The van der Waals surface area contributed by atoms with Crippen molar-refractivity contribution in [3.8, 4) is 0 Å². The Kier molecular flexibility index (Phi) is 2.99. The lowest BCUT2D eigenvalue weighted by Crippen LogP contribution is -2.10. The molecule has 0 saturated heterocycles. The van der Waals surface area contributed by atoms with Gasteiger partial charge in [0.1, 0.15) is 5.82 Å². The maximum absolute atomic E-state index is 13.2. The molecule has 2 N–H and O–H groups in total. The van der Waals surface area contributed by atoms with E-state index in [0.29, 0.717) is 12.1 Å². The summed E-state index contributed by atoms with van der Waals surface area (Å²) < 4.78 is 15.1. The van der Waals surface area contributed by atoms with Gasteiger partial charge in [0.2, 0.25) is 0 Å². The molecule has 3 rings (SSSR count). The molecule has 0 atom stereocenters. The SMILES string of the molecule is NC(=O)c1cn(Cc2cccc(F)c2)c2ccccc12. The van der Waals surface area contributed by atoms with Crippen molar-refractivity contribution >= 4 is 16.8 Å². The van der Waals surface area contributed by atoms with Gasteiger partial charge in [0, 0.05) is 23.6 Å². The van der Waals surface area contributed by atoms with Crippen LogP contribution in [0.1, 0.15) is 15.9 Å². The molecule has 0 spiro atoms. The summed E-state index contributed by atoms with van der Waals surface area (Å²) in [7, 11) is 0. The van der Waals surface area contributed by atoms with E-state index in [9.17, 15) is 9.18 Å². The quantitative estimate of drug-likeness (QED) is 0.780. The Bertz CT molecular complexity index is 792. The number of rotatable bonds is 3. The van der Waals surface area contributed by atoms with Gasteiger partial charge in [-0.25, -0.2) is 4.39 Å². The molecule has 4 heteroatoms. The average Bonchev–Trinajstić information content (AvgIpc) is 2.78. The van der Waals surface area contributed by atoms with Gasteiger partial charge < -0.3 is 10.3 Å². The minimum atomic E-state index is -0.459. The number of nitrogens with two attached hydrogens (primary N) is 1. The van der Waals surface area contributed by atoms with Crippen LogP contribution in [0.25, 0.3) is 10.9 Å². The van der Waals surface area contributed by atoms with Gasteiger partial charge >= 0.3 is 0 Å². The van der Waals surface area contributed by atoms with Crippen LogP contribution < -0.4 is 5.73 Å². The van der Waals surface area contributed by atoms with E-state index in [1.54, 1.807) is 12.3 Å². The molecule has 0 aliphatic rings. The van der Waals surface area contributed by atoms with E-state index >= 15 is 0 Å². The molecule has 0 unspecified atom stereocenters. The number of primary amides is 1. The standard InChI is InChI=1S/C16H13FN2O/c17-12-5-3-4-11(8-12)9-19-10-14(16(18)20)13-6-1-2-7-15(13)19/h1-8,10H,9H2,(H2,18,20). The fraction of sp³-hybridized carbons (Fsp3) is 0.0625. The number of amides is 1. The van der Waals surface area contributed by atoms with E-state index in [2.05, 4.69) is 0 Å². The maximum Gasteiger partial charge on any atom is 0.250 e. The number of nitrogens with zero attached hydrogens (tertiary/aromatic N) is 1. The first-order valence-electron chi connectivity index (χ1n) is 6.27. The molecule has 0 bridgehead atoms. The number of fused-ring (bicyclic) bond motifs is 1. The summed E-state index contributed by atoms with van der Waals surface area (Å²) in [6, 6.07) is 14.0. The van der Waals surface area contributed by atoms with Crippen LogP contribution in [0, 0.1) is 5.82 Å². The van der Waals surface area contributed by atoms with Gasteiger partial charge in [-0.15, -0.1) is 0 Å². The molecule has 2 aromatic carbocycles. The number of carbonyl (C=O) groups excluding carboxylic acids is 1. The van der Waals surface area contributed by atoms with Crippen LogP contribution in [0.15, 0.2) is 54.7 Å². The minimum Gasteiger partial charge on any atom is -0.366 e. The summed E-state index contributed by atoms with van der Waals surface area (Å²) >= 11 is 0. The van der Waals surface area contributed by atoms with E-state index in [1.165, 1.54) is 12.1 Å². The molecule has 3 nitrogen and oxygen atoms in total. The third kappa shape index (κ3) is 2.16.